The van der Waals surface area contributed by atoms with Crippen LogP contribution in [0.1, 0.15) is 30.0 Å². The monoisotopic (exact) mass is 299 g/mol. The molecule has 1 aromatic carbocycles. The summed E-state index contributed by atoms with van der Waals surface area (Å²) in [6.07, 6.45) is 0.936. The molecule has 3 rings (SSSR count). The van der Waals surface area contributed by atoms with Crippen LogP contribution in [-0.4, -0.2) is 14.5 Å². The first kappa shape index (κ1) is 14.1. The van der Waals surface area contributed by atoms with Crippen LogP contribution in [0.3, 0.4) is 0 Å². The van der Waals surface area contributed by atoms with Crippen LogP contribution in [0.2, 0.25) is 0 Å². The lowest BCUT2D eigenvalue weighted by Gasteiger charge is -2.16. The number of imidazole rings is 1. The van der Waals surface area contributed by atoms with Gasteiger partial charge in [0.05, 0.1) is 5.88 Å². The summed E-state index contributed by atoms with van der Waals surface area (Å²) < 4.78 is 2.17. The molecule has 2 aromatic heterocycles. The number of benzene rings is 1. The number of hydrogen-bond acceptors (Lipinski definition) is 2. The van der Waals surface area contributed by atoms with Gasteiger partial charge in [-0.05, 0) is 38.0 Å². The van der Waals surface area contributed by atoms with Gasteiger partial charge in [-0.2, -0.15) is 0 Å². The highest BCUT2D eigenvalue weighted by atomic mass is 35.5. The number of rotatable bonds is 4. The highest BCUT2D eigenvalue weighted by Gasteiger charge is 2.16. The summed E-state index contributed by atoms with van der Waals surface area (Å²) in [6, 6.07) is 14.7. The van der Waals surface area contributed by atoms with Crippen molar-refractivity contribution >= 4 is 22.8 Å². The van der Waals surface area contributed by atoms with Crippen molar-refractivity contribution in [2.45, 2.75) is 32.2 Å². The number of fused-ring (bicyclic) bond motifs is 1. The maximum absolute atomic E-state index is 6.08. The summed E-state index contributed by atoms with van der Waals surface area (Å²) in [4.78, 5) is 9.25. The van der Waals surface area contributed by atoms with Crippen molar-refractivity contribution in [3.8, 4) is 0 Å². The second-order valence-corrected chi connectivity index (χ2v) is 5.63. The molecule has 0 fully saturated rings. The molecular formula is C17H18ClN3. The molecule has 0 bridgehead atoms. The zero-order valence-corrected chi connectivity index (χ0v) is 13.0. The van der Waals surface area contributed by atoms with Gasteiger partial charge in [-0.25, -0.2) is 9.97 Å². The van der Waals surface area contributed by atoms with Crippen molar-refractivity contribution in [3.63, 3.8) is 0 Å². The van der Waals surface area contributed by atoms with E-state index in [0.29, 0.717) is 5.88 Å². The third kappa shape index (κ3) is 2.79. The van der Waals surface area contributed by atoms with E-state index < -0.39 is 0 Å². The van der Waals surface area contributed by atoms with Crippen molar-refractivity contribution in [1.82, 2.24) is 14.5 Å². The Morgan fingerprint density at radius 3 is 2.57 bits per heavy atom. The zero-order chi connectivity index (χ0) is 14.8. The Bertz CT molecular complexity index is 749. The highest BCUT2D eigenvalue weighted by molar-refractivity contribution is 6.16. The number of alkyl halides is 1. The van der Waals surface area contributed by atoms with E-state index in [0.717, 1.165) is 29.1 Å². The number of aromatic nitrogens is 3. The molecule has 1 unspecified atom stereocenters. The molecule has 2 heterocycles. The fourth-order valence-electron chi connectivity index (χ4n) is 2.72. The average molecular weight is 300 g/mol. The molecule has 3 nitrogen and oxygen atoms in total. The predicted molar refractivity (Wildman–Crippen MR) is 86.7 cm³/mol. The molecule has 0 N–H and O–H groups in total. The molecule has 3 aromatic rings. The van der Waals surface area contributed by atoms with E-state index in [1.165, 1.54) is 5.56 Å². The van der Waals surface area contributed by atoms with Gasteiger partial charge < -0.3 is 4.57 Å². The van der Waals surface area contributed by atoms with Crippen LogP contribution in [0, 0.1) is 6.92 Å². The van der Waals surface area contributed by atoms with E-state index in [4.69, 9.17) is 11.6 Å². The maximum atomic E-state index is 6.08. The van der Waals surface area contributed by atoms with Gasteiger partial charge in [0, 0.05) is 11.7 Å². The van der Waals surface area contributed by atoms with E-state index >= 15 is 0 Å². The van der Waals surface area contributed by atoms with Crippen molar-refractivity contribution in [2.75, 3.05) is 0 Å². The lowest BCUT2D eigenvalue weighted by Crippen LogP contribution is -2.12. The first-order valence-electron chi connectivity index (χ1n) is 7.13. The maximum Gasteiger partial charge on any atom is 0.160 e. The van der Waals surface area contributed by atoms with Crippen LogP contribution in [0.5, 0.6) is 0 Å². The summed E-state index contributed by atoms with van der Waals surface area (Å²) in [6.45, 7) is 4.19. The van der Waals surface area contributed by atoms with E-state index in [9.17, 15) is 0 Å². The highest BCUT2D eigenvalue weighted by Crippen LogP contribution is 2.23. The van der Waals surface area contributed by atoms with Gasteiger partial charge >= 0.3 is 0 Å². The van der Waals surface area contributed by atoms with Gasteiger partial charge in [-0.3, -0.25) is 0 Å². The van der Waals surface area contributed by atoms with E-state index in [1.807, 2.05) is 25.1 Å². The molecule has 0 spiro atoms. The van der Waals surface area contributed by atoms with Gasteiger partial charge in [-0.1, -0.05) is 30.3 Å². The summed E-state index contributed by atoms with van der Waals surface area (Å²) >= 11 is 6.08. The van der Waals surface area contributed by atoms with Gasteiger partial charge in [0.15, 0.2) is 5.65 Å². The minimum absolute atomic E-state index is 0.264. The van der Waals surface area contributed by atoms with Crippen LogP contribution >= 0.6 is 11.6 Å². The van der Waals surface area contributed by atoms with Crippen molar-refractivity contribution in [3.05, 3.63) is 59.5 Å². The van der Waals surface area contributed by atoms with Crippen LogP contribution in [0.15, 0.2) is 42.5 Å². The molecule has 0 amide bonds. The number of hydrogen-bond donors (Lipinski definition) is 0. The van der Waals surface area contributed by atoms with Crippen LogP contribution < -0.4 is 0 Å². The molecule has 0 radical (unpaired) electrons. The minimum Gasteiger partial charge on any atom is -0.309 e. The Kier molecular flexibility index (Phi) is 3.93. The molecule has 21 heavy (non-hydrogen) atoms. The van der Waals surface area contributed by atoms with Crippen molar-refractivity contribution < 1.29 is 0 Å². The van der Waals surface area contributed by atoms with Crippen LogP contribution in [-0.2, 0) is 12.3 Å². The molecule has 108 valence electrons. The van der Waals surface area contributed by atoms with Crippen molar-refractivity contribution in [1.29, 1.82) is 0 Å². The van der Waals surface area contributed by atoms with E-state index in [-0.39, 0.29) is 6.04 Å². The smallest absolute Gasteiger partial charge is 0.160 e. The summed E-state index contributed by atoms with van der Waals surface area (Å²) in [5, 5.41) is 0. The summed E-state index contributed by atoms with van der Waals surface area (Å²) in [7, 11) is 0. The molecule has 0 aliphatic heterocycles. The third-order valence-electron chi connectivity index (χ3n) is 3.68. The topological polar surface area (TPSA) is 30.7 Å². The standard InChI is InChI=1S/C17H18ClN3/c1-12-8-9-15-17(19-12)21(16(11-18)20-15)13(2)10-14-6-4-3-5-7-14/h3-9,13H,10-11H2,1-2H3. The Morgan fingerprint density at radius 1 is 1.10 bits per heavy atom. The fraction of sp³-hybridized carbons (Fsp3) is 0.294. The van der Waals surface area contributed by atoms with Gasteiger partial charge in [-0.15, -0.1) is 11.6 Å². The molecule has 0 saturated heterocycles. The van der Waals surface area contributed by atoms with Crippen LogP contribution in [0.4, 0.5) is 0 Å². The number of nitrogens with zero attached hydrogens (tertiary/aromatic N) is 3. The Balaban J connectivity index is 2.03. The number of aryl methyl sites for hydroxylation is 1. The molecule has 0 aliphatic rings. The van der Waals surface area contributed by atoms with Gasteiger partial charge in [0.1, 0.15) is 11.3 Å². The van der Waals surface area contributed by atoms with Crippen molar-refractivity contribution in [2.24, 2.45) is 0 Å². The second kappa shape index (κ2) is 5.86. The molecule has 4 heteroatoms. The number of pyridine rings is 1. The lowest BCUT2D eigenvalue weighted by atomic mass is 10.1. The van der Waals surface area contributed by atoms with E-state index in [1.54, 1.807) is 0 Å². The second-order valence-electron chi connectivity index (χ2n) is 5.37. The third-order valence-corrected chi connectivity index (χ3v) is 3.92. The summed E-state index contributed by atoms with van der Waals surface area (Å²) in [5.74, 6) is 1.28. The Hall–Kier alpha value is -1.87. The quantitative estimate of drug-likeness (QED) is 0.673. The molecule has 0 aliphatic carbocycles. The van der Waals surface area contributed by atoms with E-state index in [2.05, 4.69) is 45.7 Å². The largest absolute Gasteiger partial charge is 0.309 e. The lowest BCUT2D eigenvalue weighted by molar-refractivity contribution is 0.540. The number of halogens is 1. The molecule has 1 atom stereocenters. The molecule has 0 saturated carbocycles. The minimum atomic E-state index is 0.264. The Labute approximate surface area is 129 Å². The predicted octanol–water partition coefficient (Wildman–Crippen LogP) is 4.28. The first-order chi connectivity index (χ1) is 10.2. The SMILES string of the molecule is Cc1ccc2nc(CCl)n(C(C)Cc3ccccc3)c2n1. The van der Waals surface area contributed by atoms with Crippen LogP contribution in [0.25, 0.3) is 11.2 Å². The Morgan fingerprint density at radius 2 is 1.86 bits per heavy atom. The van der Waals surface area contributed by atoms with Gasteiger partial charge in [0.2, 0.25) is 0 Å². The van der Waals surface area contributed by atoms with Gasteiger partial charge in [0.25, 0.3) is 0 Å². The fourth-order valence-corrected chi connectivity index (χ4v) is 2.91. The first-order valence-corrected chi connectivity index (χ1v) is 7.67. The summed E-state index contributed by atoms with van der Waals surface area (Å²) in [5.41, 5.74) is 4.14. The average Bonchev–Trinajstić information content (AvgIpc) is 2.86. The molecular weight excluding hydrogens is 282 g/mol. The zero-order valence-electron chi connectivity index (χ0n) is 12.3. The normalized spacial score (nSPS) is 12.7.